The van der Waals surface area contributed by atoms with E-state index in [-0.39, 0.29) is 0 Å². The van der Waals surface area contributed by atoms with Crippen LogP contribution in [0.15, 0.2) is 24.3 Å². The molecule has 114 valence electrons. The Kier molecular flexibility index (Phi) is 4.91. The number of benzene rings is 1. The average Bonchev–Trinajstić information content (AvgIpc) is 2.89. The quantitative estimate of drug-likeness (QED) is 0.870. The minimum atomic E-state index is 0.596. The minimum Gasteiger partial charge on any atom is -0.314 e. The molecule has 3 unspecified atom stereocenters. The lowest BCUT2D eigenvalue weighted by Gasteiger charge is -2.33. The summed E-state index contributed by atoms with van der Waals surface area (Å²) in [4.78, 5) is 4.83. The van der Waals surface area contributed by atoms with Crippen molar-refractivity contribution in [3.05, 3.63) is 29.3 Å². The Bertz CT molecular complexity index is 544. The van der Waals surface area contributed by atoms with Gasteiger partial charge in [-0.1, -0.05) is 38.8 Å². The Balaban J connectivity index is 1.74. The molecule has 1 aliphatic carbocycles. The van der Waals surface area contributed by atoms with Crippen molar-refractivity contribution >= 4 is 21.6 Å². The molecule has 1 aromatic carbocycles. The number of thiazole rings is 1. The van der Waals surface area contributed by atoms with Gasteiger partial charge in [0.1, 0.15) is 0 Å². The van der Waals surface area contributed by atoms with E-state index in [2.05, 4.69) is 43.4 Å². The predicted molar refractivity (Wildman–Crippen MR) is 91.9 cm³/mol. The standard InChI is InChI=1S/C18H26N2S/c1-3-19-16(14-8-6-7-13(2)11-14)12-18-20-15-9-4-5-10-17(15)21-18/h4-5,9-10,13-14,16,19H,3,6-8,11-12H2,1-2H3. The fraction of sp³-hybridized carbons (Fsp3) is 0.611. The number of fused-ring (bicyclic) bond motifs is 1. The molecule has 3 heteroatoms. The first kappa shape index (κ1) is 15.0. The van der Waals surface area contributed by atoms with Crippen LogP contribution < -0.4 is 5.32 Å². The third-order valence-corrected chi connectivity index (χ3v) is 5.80. The van der Waals surface area contributed by atoms with Crippen LogP contribution in [0.2, 0.25) is 0 Å². The van der Waals surface area contributed by atoms with E-state index >= 15 is 0 Å². The zero-order chi connectivity index (χ0) is 14.7. The topological polar surface area (TPSA) is 24.9 Å². The number of hydrogen-bond donors (Lipinski definition) is 1. The maximum absolute atomic E-state index is 4.83. The van der Waals surface area contributed by atoms with E-state index < -0.39 is 0 Å². The highest BCUT2D eigenvalue weighted by Gasteiger charge is 2.27. The molecule has 0 spiro atoms. The molecule has 0 radical (unpaired) electrons. The maximum atomic E-state index is 4.83. The molecule has 1 heterocycles. The SMILES string of the molecule is CCNC(Cc1nc2ccccc2s1)C1CCCC(C)C1. The van der Waals surface area contributed by atoms with E-state index in [0.29, 0.717) is 6.04 Å². The number of rotatable bonds is 5. The Morgan fingerprint density at radius 1 is 1.33 bits per heavy atom. The van der Waals surface area contributed by atoms with Crippen LogP contribution in [0.1, 0.15) is 44.5 Å². The summed E-state index contributed by atoms with van der Waals surface area (Å²) in [5.74, 6) is 1.71. The van der Waals surface area contributed by atoms with E-state index in [1.807, 2.05) is 11.3 Å². The van der Waals surface area contributed by atoms with Gasteiger partial charge in [0.2, 0.25) is 0 Å². The van der Waals surface area contributed by atoms with Gasteiger partial charge < -0.3 is 5.32 Å². The third kappa shape index (κ3) is 3.64. The largest absolute Gasteiger partial charge is 0.314 e. The summed E-state index contributed by atoms with van der Waals surface area (Å²) < 4.78 is 1.32. The van der Waals surface area contributed by atoms with Gasteiger partial charge in [-0.05, 0) is 43.4 Å². The van der Waals surface area contributed by atoms with E-state index in [9.17, 15) is 0 Å². The number of likely N-dealkylation sites (N-methyl/N-ethyl adjacent to an activating group) is 1. The molecule has 1 aliphatic rings. The predicted octanol–water partition coefficient (Wildman–Crippen LogP) is 4.64. The molecule has 3 rings (SSSR count). The highest BCUT2D eigenvalue weighted by molar-refractivity contribution is 7.18. The number of hydrogen-bond acceptors (Lipinski definition) is 3. The van der Waals surface area contributed by atoms with Crippen LogP contribution in [0.3, 0.4) is 0 Å². The minimum absolute atomic E-state index is 0.596. The van der Waals surface area contributed by atoms with Crippen molar-refractivity contribution in [1.29, 1.82) is 0 Å². The molecule has 3 atom stereocenters. The number of para-hydroxylation sites is 1. The first-order chi connectivity index (χ1) is 10.3. The van der Waals surface area contributed by atoms with Gasteiger partial charge in [-0.15, -0.1) is 11.3 Å². The van der Waals surface area contributed by atoms with Crippen LogP contribution in [0.25, 0.3) is 10.2 Å². The second-order valence-corrected chi connectivity index (χ2v) is 7.59. The van der Waals surface area contributed by atoms with E-state index in [4.69, 9.17) is 4.98 Å². The fourth-order valence-electron chi connectivity index (χ4n) is 3.71. The average molecular weight is 302 g/mol. The lowest BCUT2D eigenvalue weighted by molar-refractivity contribution is 0.222. The van der Waals surface area contributed by atoms with Gasteiger partial charge in [0.25, 0.3) is 0 Å². The van der Waals surface area contributed by atoms with Crippen LogP contribution in [-0.2, 0) is 6.42 Å². The lowest BCUT2D eigenvalue weighted by Crippen LogP contribution is -2.40. The second-order valence-electron chi connectivity index (χ2n) is 6.48. The molecule has 0 aliphatic heterocycles. The second kappa shape index (κ2) is 6.89. The summed E-state index contributed by atoms with van der Waals surface area (Å²) in [7, 11) is 0. The van der Waals surface area contributed by atoms with Crippen molar-refractivity contribution in [3.8, 4) is 0 Å². The number of nitrogens with one attached hydrogen (secondary N) is 1. The van der Waals surface area contributed by atoms with E-state index in [1.165, 1.54) is 35.4 Å². The molecule has 2 nitrogen and oxygen atoms in total. The van der Waals surface area contributed by atoms with Gasteiger partial charge in [0.15, 0.2) is 0 Å². The molecule has 21 heavy (non-hydrogen) atoms. The Morgan fingerprint density at radius 2 is 2.19 bits per heavy atom. The van der Waals surface area contributed by atoms with Crippen LogP contribution >= 0.6 is 11.3 Å². The molecule has 1 N–H and O–H groups in total. The molecular weight excluding hydrogens is 276 g/mol. The van der Waals surface area contributed by atoms with Crippen molar-refractivity contribution in [2.45, 2.75) is 52.0 Å². The lowest BCUT2D eigenvalue weighted by atomic mass is 9.78. The van der Waals surface area contributed by atoms with Crippen molar-refractivity contribution in [1.82, 2.24) is 10.3 Å². The number of aromatic nitrogens is 1. The Labute approximate surface area is 132 Å². The monoisotopic (exact) mass is 302 g/mol. The number of nitrogens with zero attached hydrogens (tertiary/aromatic N) is 1. The molecule has 0 saturated heterocycles. The normalized spacial score (nSPS) is 24.3. The van der Waals surface area contributed by atoms with Crippen molar-refractivity contribution in [3.63, 3.8) is 0 Å². The maximum Gasteiger partial charge on any atom is 0.0954 e. The van der Waals surface area contributed by atoms with E-state index in [0.717, 1.165) is 30.3 Å². The van der Waals surface area contributed by atoms with Crippen LogP contribution in [-0.4, -0.2) is 17.6 Å². The van der Waals surface area contributed by atoms with Gasteiger partial charge in [-0.25, -0.2) is 4.98 Å². The third-order valence-electron chi connectivity index (χ3n) is 4.75. The zero-order valence-electron chi connectivity index (χ0n) is 13.1. The Hall–Kier alpha value is -0.930. The summed E-state index contributed by atoms with van der Waals surface area (Å²) in [5, 5.41) is 5.02. The van der Waals surface area contributed by atoms with E-state index in [1.54, 1.807) is 0 Å². The van der Waals surface area contributed by atoms with Crippen molar-refractivity contribution < 1.29 is 0 Å². The van der Waals surface area contributed by atoms with Crippen LogP contribution in [0.5, 0.6) is 0 Å². The first-order valence-corrected chi connectivity index (χ1v) is 9.15. The smallest absolute Gasteiger partial charge is 0.0954 e. The summed E-state index contributed by atoms with van der Waals surface area (Å²) in [6.07, 6.45) is 6.66. The zero-order valence-corrected chi connectivity index (χ0v) is 14.0. The van der Waals surface area contributed by atoms with Crippen LogP contribution in [0, 0.1) is 11.8 Å². The fourth-order valence-corrected chi connectivity index (χ4v) is 4.74. The summed E-state index contributed by atoms with van der Waals surface area (Å²) in [5.41, 5.74) is 1.16. The van der Waals surface area contributed by atoms with Gasteiger partial charge in [0, 0.05) is 12.5 Å². The molecule has 1 aromatic heterocycles. The van der Waals surface area contributed by atoms with Gasteiger partial charge in [-0.3, -0.25) is 0 Å². The molecule has 2 aromatic rings. The van der Waals surface area contributed by atoms with Gasteiger partial charge in [-0.2, -0.15) is 0 Å². The summed E-state index contributed by atoms with van der Waals surface area (Å²) in [6.45, 7) is 5.69. The molecule has 0 bridgehead atoms. The molecular formula is C18H26N2S. The van der Waals surface area contributed by atoms with Crippen molar-refractivity contribution in [2.24, 2.45) is 11.8 Å². The van der Waals surface area contributed by atoms with Gasteiger partial charge in [0.05, 0.1) is 15.2 Å². The molecule has 0 amide bonds. The summed E-state index contributed by atoms with van der Waals surface area (Å²) >= 11 is 1.87. The first-order valence-electron chi connectivity index (χ1n) is 8.34. The van der Waals surface area contributed by atoms with Crippen molar-refractivity contribution in [2.75, 3.05) is 6.54 Å². The van der Waals surface area contributed by atoms with Gasteiger partial charge >= 0.3 is 0 Å². The molecule has 1 saturated carbocycles. The molecule has 1 fully saturated rings. The Morgan fingerprint density at radius 3 is 2.95 bits per heavy atom. The highest BCUT2D eigenvalue weighted by atomic mass is 32.1. The summed E-state index contributed by atoms with van der Waals surface area (Å²) in [6, 6.07) is 9.09. The van der Waals surface area contributed by atoms with Crippen LogP contribution in [0.4, 0.5) is 0 Å². The highest BCUT2D eigenvalue weighted by Crippen LogP contribution is 2.33.